The maximum Gasteiger partial charge on any atom is 0.246 e. The van der Waals surface area contributed by atoms with Gasteiger partial charge in [0.25, 0.3) is 0 Å². The molecule has 0 aliphatic carbocycles. The molecule has 12 heteroatoms. The molecule has 0 bridgehead atoms. The fraction of sp³-hybridized carbons (Fsp3) is 0.400. The molecule has 12 nitrogen and oxygen atoms in total. The summed E-state index contributed by atoms with van der Waals surface area (Å²) in [6.07, 6.45) is 10.7. The van der Waals surface area contributed by atoms with E-state index in [1.165, 1.54) is 11.0 Å². The van der Waals surface area contributed by atoms with Gasteiger partial charge in [-0.3, -0.25) is 9.59 Å². The summed E-state index contributed by atoms with van der Waals surface area (Å²) in [7, 11) is 5.45. The Bertz CT molecular complexity index is 1360. The van der Waals surface area contributed by atoms with Gasteiger partial charge in [-0.1, -0.05) is 42.2 Å². The third-order valence-electron chi connectivity index (χ3n) is 5.87. The van der Waals surface area contributed by atoms with Crippen LogP contribution in [0.15, 0.2) is 55.0 Å². The first kappa shape index (κ1) is 31.8. The first-order chi connectivity index (χ1) is 20.3. The number of aromatic nitrogens is 5. The number of likely N-dealkylation sites (N-methyl/N-ethyl adjacent to an activating group) is 2. The van der Waals surface area contributed by atoms with Gasteiger partial charge < -0.3 is 25.8 Å². The molecule has 3 N–H and O–H groups in total. The molecule has 3 aromatic rings. The van der Waals surface area contributed by atoms with E-state index in [1.807, 2.05) is 49.5 Å². The Hall–Kier alpha value is -4.76. The van der Waals surface area contributed by atoms with Crippen LogP contribution in [0, 0.1) is 11.8 Å². The summed E-state index contributed by atoms with van der Waals surface area (Å²) >= 11 is 0. The van der Waals surface area contributed by atoms with Crippen LogP contribution in [0.2, 0.25) is 0 Å². The molecule has 0 aliphatic heterocycles. The summed E-state index contributed by atoms with van der Waals surface area (Å²) in [4.78, 5) is 36.7. The Morgan fingerprint density at radius 3 is 2.64 bits per heavy atom. The highest BCUT2D eigenvalue weighted by atomic mass is 16.2. The van der Waals surface area contributed by atoms with E-state index in [4.69, 9.17) is 0 Å². The summed E-state index contributed by atoms with van der Waals surface area (Å²) in [6.45, 7) is 4.64. The lowest BCUT2D eigenvalue weighted by Gasteiger charge is -2.14. The van der Waals surface area contributed by atoms with Crippen molar-refractivity contribution in [1.29, 1.82) is 0 Å². The SMILES string of the molecule is CCCNc1nc(Nc2ccc(Cn3ccnn3)cc2)ncc1C#CCCCNC(=O)CN(C)C(=O)C=CCN(C)C. The summed E-state index contributed by atoms with van der Waals surface area (Å²) in [5, 5.41) is 17.2. The normalized spacial score (nSPS) is 10.8. The molecule has 0 atom stereocenters. The third kappa shape index (κ3) is 11.4. The van der Waals surface area contributed by atoms with Crippen LogP contribution in [0.3, 0.4) is 0 Å². The predicted octanol–water partition coefficient (Wildman–Crippen LogP) is 2.51. The van der Waals surface area contributed by atoms with Gasteiger partial charge in [-0.05, 0) is 44.6 Å². The number of rotatable bonds is 15. The highest BCUT2D eigenvalue weighted by Crippen LogP contribution is 2.18. The predicted molar refractivity (Wildman–Crippen MR) is 164 cm³/mol. The number of anilines is 3. The monoisotopic (exact) mass is 572 g/mol. The lowest BCUT2D eigenvalue weighted by Crippen LogP contribution is -2.38. The van der Waals surface area contributed by atoms with Gasteiger partial charge in [0.2, 0.25) is 17.8 Å². The molecule has 0 aliphatic rings. The molecule has 1 aromatic carbocycles. The highest BCUT2D eigenvalue weighted by molar-refractivity contribution is 5.91. The molecule has 0 radical (unpaired) electrons. The molecule has 222 valence electrons. The average molecular weight is 573 g/mol. The second-order valence-corrected chi connectivity index (χ2v) is 9.92. The molecule has 0 unspecified atom stereocenters. The minimum Gasteiger partial charge on any atom is -0.369 e. The number of carbonyl (C=O) groups is 2. The summed E-state index contributed by atoms with van der Waals surface area (Å²) in [5.74, 6) is 7.04. The van der Waals surface area contributed by atoms with Gasteiger partial charge in [-0.2, -0.15) is 4.98 Å². The van der Waals surface area contributed by atoms with E-state index < -0.39 is 0 Å². The Kier molecular flexibility index (Phi) is 13.0. The molecule has 0 saturated carbocycles. The number of hydrogen-bond donors (Lipinski definition) is 3. The van der Waals surface area contributed by atoms with Gasteiger partial charge in [-0.15, -0.1) is 5.10 Å². The number of amides is 2. The van der Waals surface area contributed by atoms with Gasteiger partial charge in [0.15, 0.2) is 0 Å². The van der Waals surface area contributed by atoms with Gasteiger partial charge in [0, 0.05) is 51.1 Å². The average Bonchev–Trinajstić information content (AvgIpc) is 3.48. The highest BCUT2D eigenvalue weighted by Gasteiger charge is 2.10. The van der Waals surface area contributed by atoms with Crippen LogP contribution in [-0.4, -0.2) is 93.9 Å². The minimum absolute atomic E-state index is 0.00807. The van der Waals surface area contributed by atoms with Crippen molar-refractivity contribution in [3.63, 3.8) is 0 Å². The van der Waals surface area contributed by atoms with Crippen molar-refractivity contribution in [3.8, 4) is 11.8 Å². The fourth-order valence-corrected chi connectivity index (χ4v) is 3.64. The van der Waals surface area contributed by atoms with E-state index >= 15 is 0 Å². The van der Waals surface area contributed by atoms with Crippen LogP contribution in [0.1, 0.15) is 37.3 Å². The summed E-state index contributed by atoms with van der Waals surface area (Å²) in [5.41, 5.74) is 2.69. The van der Waals surface area contributed by atoms with E-state index in [9.17, 15) is 9.59 Å². The smallest absolute Gasteiger partial charge is 0.246 e. The van der Waals surface area contributed by atoms with Crippen LogP contribution >= 0.6 is 0 Å². The Labute approximate surface area is 247 Å². The first-order valence-corrected chi connectivity index (χ1v) is 14.0. The van der Waals surface area contributed by atoms with Gasteiger partial charge in [0.05, 0.1) is 31.0 Å². The summed E-state index contributed by atoms with van der Waals surface area (Å²) in [6, 6.07) is 7.98. The molecular formula is C30H40N10O2. The topological polar surface area (TPSA) is 133 Å². The zero-order valence-electron chi connectivity index (χ0n) is 24.8. The van der Waals surface area contributed by atoms with Crippen LogP contribution in [0.5, 0.6) is 0 Å². The molecule has 0 spiro atoms. The van der Waals surface area contributed by atoms with E-state index in [-0.39, 0.29) is 18.4 Å². The number of unbranched alkanes of at least 4 members (excludes halogenated alkanes) is 1. The van der Waals surface area contributed by atoms with Gasteiger partial charge >= 0.3 is 0 Å². The molecule has 3 rings (SSSR count). The van der Waals surface area contributed by atoms with Crippen molar-refractivity contribution in [2.24, 2.45) is 0 Å². The minimum atomic E-state index is -0.203. The summed E-state index contributed by atoms with van der Waals surface area (Å²) < 4.78 is 1.77. The van der Waals surface area contributed by atoms with Gasteiger partial charge in [0.1, 0.15) is 5.82 Å². The second kappa shape index (κ2) is 17.1. The van der Waals surface area contributed by atoms with Crippen LogP contribution < -0.4 is 16.0 Å². The zero-order valence-corrected chi connectivity index (χ0v) is 24.8. The first-order valence-electron chi connectivity index (χ1n) is 14.0. The molecular weight excluding hydrogens is 532 g/mol. The zero-order chi connectivity index (χ0) is 30.2. The largest absolute Gasteiger partial charge is 0.369 e. The van der Waals surface area contributed by atoms with E-state index in [1.54, 1.807) is 30.2 Å². The standard InChI is InChI=1S/C30H40N10O2/c1-5-16-32-29-25(10-7-6-8-17-31-27(41)23-39(4)28(42)11-9-19-38(2)3)21-33-30(36-29)35-26-14-12-24(13-15-26)22-40-20-18-34-37-40/h9,11-15,18,20-21H,5-6,8,16-17,19,22-23H2,1-4H3,(H,31,41)(H2,32,33,35,36). The van der Waals surface area contributed by atoms with E-state index in [2.05, 4.69) is 55.0 Å². The molecule has 2 heterocycles. The number of nitrogens with zero attached hydrogens (tertiary/aromatic N) is 7. The number of hydrogen-bond acceptors (Lipinski definition) is 9. The Balaban J connectivity index is 1.47. The second-order valence-electron chi connectivity index (χ2n) is 9.92. The van der Waals surface area contributed by atoms with Crippen molar-refractivity contribution in [2.45, 2.75) is 32.7 Å². The molecule has 0 fully saturated rings. The molecule has 2 aromatic heterocycles. The van der Waals surface area contributed by atoms with Crippen LogP contribution in [0.4, 0.5) is 17.5 Å². The lowest BCUT2D eigenvalue weighted by molar-refractivity contribution is -0.131. The maximum absolute atomic E-state index is 12.2. The Morgan fingerprint density at radius 2 is 1.93 bits per heavy atom. The quantitative estimate of drug-likeness (QED) is 0.143. The van der Waals surface area contributed by atoms with Crippen molar-refractivity contribution in [1.82, 2.24) is 40.1 Å². The fourth-order valence-electron chi connectivity index (χ4n) is 3.64. The van der Waals surface area contributed by atoms with Crippen LogP contribution in [0.25, 0.3) is 0 Å². The van der Waals surface area contributed by atoms with Crippen molar-refractivity contribution >= 4 is 29.3 Å². The van der Waals surface area contributed by atoms with Crippen molar-refractivity contribution in [3.05, 3.63) is 66.1 Å². The third-order valence-corrected chi connectivity index (χ3v) is 5.87. The lowest BCUT2D eigenvalue weighted by atomic mass is 10.2. The molecule has 2 amide bonds. The number of carbonyl (C=O) groups excluding carboxylic acids is 2. The van der Waals surface area contributed by atoms with Gasteiger partial charge in [-0.25, -0.2) is 9.67 Å². The molecule has 0 saturated heterocycles. The number of benzene rings is 1. The van der Waals surface area contributed by atoms with E-state index in [0.717, 1.165) is 24.2 Å². The maximum atomic E-state index is 12.2. The molecule has 42 heavy (non-hydrogen) atoms. The van der Waals surface area contributed by atoms with Crippen molar-refractivity contribution < 1.29 is 9.59 Å². The number of nitrogens with one attached hydrogen (secondary N) is 3. The van der Waals surface area contributed by atoms with E-state index in [0.29, 0.717) is 49.8 Å². The van der Waals surface area contributed by atoms with Crippen molar-refractivity contribution in [2.75, 3.05) is 58.0 Å². The Morgan fingerprint density at radius 1 is 1.12 bits per heavy atom. The van der Waals surface area contributed by atoms with Crippen LogP contribution in [-0.2, 0) is 16.1 Å².